The maximum atomic E-state index is 14.0. The summed E-state index contributed by atoms with van der Waals surface area (Å²) in [7, 11) is 0. The number of aryl methyl sites for hydroxylation is 1. The average Bonchev–Trinajstić information content (AvgIpc) is 2.87. The lowest BCUT2D eigenvalue weighted by atomic mass is 9.94. The standard InChI is InChI=1S/C31H38N4O5/c1-7-35(29(38)25(18-26(32)36)34-30(39)40-31(4,5)6)27(24-14-10-11-19(2)20(24)3)28(37)33-23-16-15-21-12-8-9-13-22(21)17-23/h8-17,25,27H,7,18H2,1-6H3,(H2,32,36)(H,33,37)(H,34,39). The summed E-state index contributed by atoms with van der Waals surface area (Å²) in [4.78, 5) is 53.7. The molecule has 0 radical (unpaired) electrons. The number of hydrogen-bond acceptors (Lipinski definition) is 5. The van der Waals surface area contributed by atoms with E-state index in [0.29, 0.717) is 11.3 Å². The number of primary amides is 1. The molecule has 3 aromatic rings. The highest BCUT2D eigenvalue weighted by Gasteiger charge is 2.37. The van der Waals surface area contributed by atoms with Crippen molar-refractivity contribution < 1.29 is 23.9 Å². The molecule has 3 aromatic carbocycles. The first-order valence-corrected chi connectivity index (χ1v) is 13.2. The van der Waals surface area contributed by atoms with E-state index in [1.165, 1.54) is 4.90 Å². The van der Waals surface area contributed by atoms with Crippen LogP contribution >= 0.6 is 0 Å². The van der Waals surface area contributed by atoms with Crippen molar-refractivity contribution in [3.05, 3.63) is 77.4 Å². The number of anilines is 1. The number of benzene rings is 3. The predicted molar refractivity (Wildman–Crippen MR) is 156 cm³/mol. The second kappa shape index (κ2) is 12.6. The van der Waals surface area contributed by atoms with E-state index in [4.69, 9.17) is 10.5 Å². The fraction of sp³-hybridized carbons (Fsp3) is 0.355. The molecule has 0 aliphatic rings. The zero-order valence-electron chi connectivity index (χ0n) is 23.9. The number of rotatable bonds is 9. The van der Waals surface area contributed by atoms with Crippen molar-refractivity contribution in [2.45, 2.75) is 65.6 Å². The maximum absolute atomic E-state index is 14.0. The van der Waals surface area contributed by atoms with Gasteiger partial charge in [0.2, 0.25) is 11.8 Å². The van der Waals surface area contributed by atoms with Gasteiger partial charge >= 0.3 is 6.09 Å². The van der Waals surface area contributed by atoms with Gasteiger partial charge in [-0.15, -0.1) is 0 Å². The van der Waals surface area contributed by atoms with Crippen LogP contribution in [0, 0.1) is 13.8 Å². The number of carbonyl (C=O) groups is 4. The molecule has 0 saturated heterocycles. The van der Waals surface area contributed by atoms with E-state index in [1.54, 1.807) is 39.8 Å². The van der Waals surface area contributed by atoms with Gasteiger partial charge in [0.1, 0.15) is 17.7 Å². The van der Waals surface area contributed by atoms with E-state index in [0.717, 1.165) is 21.9 Å². The molecule has 0 saturated carbocycles. The zero-order chi connectivity index (χ0) is 29.6. The molecular weight excluding hydrogens is 508 g/mol. The van der Waals surface area contributed by atoms with Gasteiger partial charge < -0.3 is 26.0 Å². The van der Waals surface area contributed by atoms with E-state index >= 15 is 0 Å². The maximum Gasteiger partial charge on any atom is 0.408 e. The number of likely N-dealkylation sites (N-methyl/N-ethyl adjacent to an activating group) is 1. The minimum atomic E-state index is -1.33. The van der Waals surface area contributed by atoms with Crippen LogP contribution in [-0.2, 0) is 19.1 Å². The minimum absolute atomic E-state index is 0.118. The third-order valence-corrected chi connectivity index (χ3v) is 6.54. The Morgan fingerprint density at radius 2 is 1.62 bits per heavy atom. The first-order chi connectivity index (χ1) is 18.8. The number of carbonyl (C=O) groups excluding carboxylic acids is 4. The first kappa shape index (κ1) is 30.1. The molecule has 2 unspecified atom stereocenters. The highest BCUT2D eigenvalue weighted by atomic mass is 16.6. The number of alkyl carbamates (subject to hydrolysis) is 1. The van der Waals surface area contributed by atoms with Crippen LogP contribution in [0.5, 0.6) is 0 Å². The molecule has 9 heteroatoms. The minimum Gasteiger partial charge on any atom is -0.444 e. The average molecular weight is 547 g/mol. The number of nitrogens with one attached hydrogen (secondary N) is 2. The van der Waals surface area contributed by atoms with Crippen molar-refractivity contribution in [1.82, 2.24) is 10.2 Å². The van der Waals surface area contributed by atoms with E-state index < -0.39 is 47.9 Å². The second-order valence-corrected chi connectivity index (χ2v) is 10.7. The van der Waals surface area contributed by atoms with Gasteiger partial charge in [-0.05, 0) is 81.1 Å². The van der Waals surface area contributed by atoms with Gasteiger partial charge in [-0.2, -0.15) is 0 Å². The number of fused-ring (bicyclic) bond motifs is 1. The SMILES string of the molecule is CCN(C(=O)C(CC(N)=O)NC(=O)OC(C)(C)C)C(C(=O)Nc1ccc2ccccc2c1)c1cccc(C)c1C. The Kier molecular flexibility index (Phi) is 9.52. The van der Waals surface area contributed by atoms with Gasteiger partial charge in [-0.25, -0.2) is 4.79 Å². The van der Waals surface area contributed by atoms with Crippen LogP contribution in [0.4, 0.5) is 10.5 Å². The first-order valence-electron chi connectivity index (χ1n) is 13.2. The van der Waals surface area contributed by atoms with Gasteiger partial charge in [0, 0.05) is 12.2 Å². The molecule has 0 fully saturated rings. The molecule has 0 spiro atoms. The quantitative estimate of drug-likeness (QED) is 0.356. The molecule has 212 valence electrons. The Bertz CT molecular complexity index is 1410. The molecule has 0 aliphatic heterocycles. The van der Waals surface area contributed by atoms with Crippen molar-refractivity contribution >= 4 is 40.3 Å². The summed E-state index contributed by atoms with van der Waals surface area (Å²) in [6, 6.07) is 16.5. The second-order valence-electron chi connectivity index (χ2n) is 10.7. The van der Waals surface area contributed by atoms with E-state index in [-0.39, 0.29) is 6.54 Å². The normalized spacial score (nSPS) is 12.8. The summed E-state index contributed by atoms with van der Waals surface area (Å²) >= 11 is 0. The number of amides is 4. The van der Waals surface area contributed by atoms with E-state index in [2.05, 4.69) is 10.6 Å². The van der Waals surface area contributed by atoms with Crippen molar-refractivity contribution in [2.75, 3.05) is 11.9 Å². The Balaban J connectivity index is 2.02. The van der Waals surface area contributed by atoms with Crippen LogP contribution in [-0.4, -0.2) is 46.9 Å². The number of hydrogen-bond donors (Lipinski definition) is 3. The number of nitrogens with zero attached hydrogens (tertiary/aromatic N) is 1. The van der Waals surface area contributed by atoms with Crippen LogP contribution in [0.2, 0.25) is 0 Å². The Hall–Kier alpha value is -4.40. The van der Waals surface area contributed by atoms with Crippen LogP contribution in [0.15, 0.2) is 60.7 Å². The van der Waals surface area contributed by atoms with Crippen LogP contribution in [0.3, 0.4) is 0 Å². The summed E-state index contributed by atoms with van der Waals surface area (Å²) < 4.78 is 5.30. The third kappa shape index (κ3) is 7.59. The molecular formula is C31H38N4O5. The summed E-state index contributed by atoms with van der Waals surface area (Å²) in [6.07, 6.45) is -1.33. The van der Waals surface area contributed by atoms with Crippen LogP contribution in [0.25, 0.3) is 10.8 Å². The monoisotopic (exact) mass is 546 g/mol. The smallest absolute Gasteiger partial charge is 0.408 e. The summed E-state index contributed by atoms with van der Waals surface area (Å²) in [5, 5.41) is 7.42. The Labute approximate surface area is 235 Å². The van der Waals surface area contributed by atoms with Crippen molar-refractivity contribution in [1.29, 1.82) is 0 Å². The van der Waals surface area contributed by atoms with Crippen LogP contribution < -0.4 is 16.4 Å². The van der Waals surface area contributed by atoms with Gasteiger partial charge in [0.15, 0.2) is 0 Å². The molecule has 0 bridgehead atoms. The van der Waals surface area contributed by atoms with Gasteiger partial charge in [0.05, 0.1) is 6.42 Å². The third-order valence-electron chi connectivity index (χ3n) is 6.54. The topological polar surface area (TPSA) is 131 Å². The molecule has 4 amide bonds. The summed E-state index contributed by atoms with van der Waals surface area (Å²) in [6.45, 7) is 10.7. The van der Waals surface area contributed by atoms with Crippen molar-refractivity contribution in [2.24, 2.45) is 5.73 Å². The fourth-order valence-electron chi connectivity index (χ4n) is 4.52. The summed E-state index contributed by atoms with van der Waals surface area (Å²) in [5.41, 5.74) is 7.61. The molecule has 0 aliphatic carbocycles. The highest BCUT2D eigenvalue weighted by Crippen LogP contribution is 2.29. The van der Waals surface area contributed by atoms with Crippen molar-refractivity contribution in [3.8, 4) is 0 Å². The van der Waals surface area contributed by atoms with E-state index in [1.807, 2.05) is 62.4 Å². The number of ether oxygens (including phenoxy) is 1. The fourth-order valence-corrected chi connectivity index (χ4v) is 4.52. The van der Waals surface area contributed by atoms with E-state index in [9.17, 15) is 19.2 Å². The lowest BCUT2D eigenvalue weighted by Crippen LogP contribution is -2.53. The Morgan fingerprint density at radius 3 is 2.25 bits per heavy atom. The van der Waals surface area contributed by atoms with Gasteiger partial charge in [0.25, 0.3) is 5.91 Å². The molecule has 9 nitrogen and oxygen atoms in total. The van der Waals surface area contributed by atoms with Gasteiger partial charge in [-0.3, -0.25) is 14.4 Å². The number of nitrogens with two attached hydrogens (primary N) is 1. The Morgan fingerprint density at radius 1 is 0.950 bits per heavy atom. The van der Waals surface area contributed by atoms with Gasteiger partial charge in [-0.1, -0.05) is 48.5 Å². The lowest BCUT2D eigenvalue weighted by molar-refractivity contribution is -0.141. The predicted octanol–water partition coefficient (Wildman–Crippen LogP) is 4.75. The molecule has 40 heavy (non-hydrogen) atoms. The largest absolute Gasteiger partial charge is 0.444 e. The van der Waals surface area contributed by atoms with Crippen LogP contribution in [0.1, 0.15) is 56.8 Å². The van der Waals surface area contributed by atoms with Crippen molar-refractivity contribution in [3.63, 3.8) is 0 Å². The molecule has 4 N–H and O–H groups in total. The molecule has 0 heterocycles. The lowest BCUT2D eigenvalue weighted by Gasteiger charge is -2.34. The molecule has 2 atom stereocenters. The molecule has 3 rings (SSSR count). The summed E-state index contributed by atoms with van der Waals surface area (Å²) in [5.74, 6) is -1.85. The molecule has 0 aromatic heterocycles. The highest BCUT2D eigenvalue weighted by molar-refractivity contribution is 6.01. The zero-order valence-corrected chi connectivity index (χ0v) is 23.9.